The van der Waals surface area contributed by atoms with E-state index in [0.717, 1.165) is 24.0 Å². The molecule has 2 N–H and O–H groups in total. The summed E-state index contributed by atoms with van der Waals surface area (Å²) >= 11 is 11.8. The van der Waals surface area contributed by atoms with Crippen molar-refractivity contribution in [1.82, 2.24) is 15.5 Å². The number of hydrogen-bond donors (Lipinski definition) is 2. The molecule has 0 saturated heterocycles. The van der Waals surface area contributed by atoms with Gasteiger partial charge in [-0.25, -0.2) is 4.39 Å². The van der Waals surface area contributed by atoms with Gasteiger partial charge in [0.25, 0.3) is 0 Å². The van der Waals surface area contributed by atoms with Gasteiger partial charge in [-0.15, -0.1) is 0 Å². The van der Waals surface area contributed by atoms with Crippen molar-refractivity contribution in [3.05, 3.63) is 70.5 Å². The van der Waals surface area contributed by atoms with Gasteiger partial charge in [-0.3, -0.25) is 4.79 Å². The number of amides is 1. The van der Waals surface area contributed by atoms with Crippen molar-refractivity contribution in [3.8, 4) is 0 Å². The Morgan fingerprint density at radius 2 is 1.77 bits per heavy atom. The van der Waals surface area contributed by atoms with E-state index < -0.39 is 0 Å². The maximum atomic E-state index is 13.3. The monoisotopic (exact) mass is 461 g/mol. The van der Waals surface area contributed by atoms with Crippen molar-refractivity contribution in [2.45, 2.75) is 51.1 Å². The number of nitrogens with zero attached hydrogens (tertiary/aromatic N) is 1. The molecule has 0 heterocycles. The molecular weight excluding hydrogens is 433 g/mol. The number of carbonyl (C=O) groups excluding carboxylic acids is 1. The van der Waals surface area contributed by atoms with Crippen LogP contribution in [0.25, 0.3) is 0 Å². The molecule has 2 aromatic carbocycles. The highest BCUT2D eigenvalue weighted by atomic mass is 35.5. The normalized spacial score (nSPS) is 14.1. The number of carbonyl (C=O) groups is 1. The molecule has 0 aliphatic heterocycles. The van der Waals surface area contributed by atoms with Crippen LogP contribution in [0.4, 0.5) is 4.39 Å². The van der Waals surface area contributed by atoms with E-state index >= 15 is 0 Å². The fraction of sp³-hybridized carbons (Fsp3) is 0.417. The van der Waals surface area contributed by atoms with Crippen LogP contribution in [0, 0.1) is 5.82 Å². The lowest BCUT2D eigenvalue weighted by atomic mass is 9.94. The molecular formula is C24H29ClFN3OS. The van der Waals surface area contributed by atoms with Crippen LogP contribution in [0.3, 0.4) is 0 Å². The van der Waals surface area contributed by atoms with Gasteiger partial charge in [0, 0.05) is 24.2 Å². The Morgan fingerprint density at radius 1 is 1.06 bits per heavy atom. The number of benzene rings is 2. The van der Waals surface area contributed by atoms with E-state index in [1.54, 1.807) is 12.1 Å². The van der Waals surface area contributed by atoms with Gasteiger partial charge in [0.05, 0.1) is 6.54 Å². The fourth-order valence-corrected chi connectivity index (χ4v) is 4.42. The van der Waals surface area contributed by atoms with E-state index in [-0.39, 0.29) is 18.3 Å². The molecule has 1 aliphatic rings. The number of rotatable bonds is 8. The second kappa shape index (κ2) is 12.0. The maximum Gasteiger partial charge on any atom is 0.239 e. The minimum Gasteiger partial charge on any atom is -0.354 e. The number of nitrogens with one attached hydrogen (secondary N) is 2. The zero-order valence-electron chi connectivity index (χ0n) is 17.6. The quantitative estimate of drug-likeness (QED) is 0.552. The lowest BCUT2D eigenvalue weighted by Gasteiger charge is -2.36. The highest BCUT2D eigenvalue weighted by molar-refractivity contribution is 7.80. The van der Waals surface area contributed by atoms with Crippen molar-refractivity contribution >= 4 is 34.8 Å². The first-order valence-corrected chi connectivity index (χ1v) is 11.6. The lowest BCUT2D eigenvalue weighted by molar-refractivity contribution is -0.120. The van der Waals surface area contributed by atoms with E-state index in [2.05, 4.69) is 15.5 Å². The van der Waals surface area contributed by atoms with Gasteiger partial charge in [0.15, 0.2) is 5.11 Å². The van der Waals surface area contributed by atoms with Crippen LogP contribution < -0.4 is 10.6 Å². The maximum absolute atomic E-state index is 13.3. The summed E-state index contributed by atoms with van der Waals surface area (Å²) in [5.41, 5.74) is 2.01. The van der Waals surface area contributed by atoms with Crippen LogP contribution >= 0.6 is 23.8 Å². The van der Waals surface area contributed by atoms with E-state index in [9.17, 15) is 9.18 Å². The van der Waals surface area contributed by atoms with Gasteiger partial charge in [-0.2, -0.15) is 0 Å². The number of hydrogen-bond acceptors (Lipinski definition) is 2. The van der Waals surface area contributed by atoms with Crippen LogP contribution in [0.1, 0.15) is 43.2 Å². The molecule has 1 fully saturated rings. The zero-order valence-corrected chi connectivity index (χ0v) is 19.2. The molecule has 1 aliphatic carbocycles. The Bertz CT molecular complexity index is 871. The minimum absolute atomic E-state index is 0.111. The van der Waals surface area contributed by atoms with Gasteiger partial charge < -0.3 is 15.5 Å². The van der Waals surface area contributed by atoms with Crippen LogP contribution in [0.15, 0.2) is 48.5 Å². The van der Waals surface area contributed by atoms with E-state index in [1.165, 1.54) is 31.4 Å². The van der Waals surface area contributed by atoms with Gasteiger partial charge in [-0.1, -0.05) is 61.2 Å². The summed E-state index contributed by atoms with van der Waals surface area (Å²) < 4.78 is 13.3. The summed E-state index contributed by atoms with van der Waals surface area (Å²) in [5.74, 6) is -0.359. The summed E-state index contributed by atoms with van der Waals surface area (Å²) in [6.45, 7) is 1.23. The Kier molecular flexibility index (Phi) is 9.10. The predicted molar refractivity (Wildman–Crippen MR) is 128 cm³/mol. The molecule has 0 radical (unpaired) electrons. The molecule has 0 bridgehead atoms. The largest absolute Gasteiger partial charge is 0.354 e. The zero-order chi connectivity index (χ0) is 22.1. The average Bonchev–Trinajstić information content (AvgIpc) is 2.79. The SMILES string of the molecule is O=C(CNC(=S)N(Cc1ccc(F)cc1)C1CCCCC1)NCCc1ccccc1Cl. The summed E-state index contributed by atoms with van der Waals surface area (Å²) in [4.78, 5) is 14.4. The lowest BCUT2D eigenvalue weighted by Crippen LogP contribution is -2.48. The van der Waals surface area contributed by atoms with Crippen molar-refractivity contribution in [1.29, 1.82) is 0 Å². The first-order chi connectivity index (χ1) is 15.0. The summed E-state index contributed by atoms with van der Waals surface area (Å²) in [5, 5.41) is 7.30. The Hall–Kier alpha value is -2.18. The molecule has 1 amide bonds. The van der Waals surface area contributed by atoms with Crippen molar-refractivity contribution < 1.29 is 9.18 Å². The van der Waals surface area contributed by atoms with Crippen molar-refractivity contribution in [2.24, 2.45) is 0 Å². The van der Waals surface area contributed by atoms with Crippen LogP contribution in [-0.2, 0) is 17.8 Å². The third kappa shape index (κ3) is 7.47. The van der Waals surface area contributed by atoms with Crippen molar-refractivity contribution in [3.63, 3.8) is 0 Å². The van der Waals surface area contributed by atoms with Gasteiger partial charge in [0.2, 0.25) is 5.91 Å². The van der Waals surface area contributed by atoms with E-state index in [4.69, 9.17) is 23.8 Å². The third-order valence-electron chi connectivity index (χ3n) is 5.62. The molecule has 2 aromatic rings. The Morgan fingerprint density at radius 3 is 2.48 bits per heavy atom. The third-order valence-corrected chi connectivity index (χ3v) is 6.36. The number of thiocarbonyl (C=S) groups is 1. The standard InChI is InChI=1S/C24H29ClFN3OS/c25-22-9-5-4-6-19(22)14-15-27-23(30)16-28-24(31)29(21-7-2-1-3-8-21)17-18-10-12-20(26)13-11-18/h4-6,9-13,21H,1-3,7-8,14-17H2,(H,27,30)(H,28,31). The predicted octanol–water partition coefficient (Wildman–Crippen LogP) is 4.85. The molecule has 0 spiro atoms. The first-order valence-electron chi connectivity index (χ1n) is 10.8. The van der Waals surface area contributed by atoms with Crippen LogP contribution in [-0.4, -0.2) is 35.1 Å². The summed E-state index contributed by atoms with van der Waals surface area (Å²) in [6, 6.07) is 14.5. The summed E-state index contributed by atoms with van der Waals surface area (Å²) in [7, 11) is 0. The van der Waals surface area contributed by atoms with Crippen LogP contribution in [0.5, 0.6) is 0 Å². The van der Waals surface area contributed by atoms with E-state index in [1.807, 2.05) is 24.3 Å². The van der Waals surface area contributed by atoms with Crippen molar-refractivity contribution in [2.75, 3.05) is 13.1 Å². The second-order valence-corrected chi connectivity index (χ2v) is 8.69. The van der Waals surface area contributed by atoms with Gasteiger partial charge >= 0.3 is 0 Å². The average molecular weight is 462 g/mol. The molecule has 166 valence electrons. The van der Waals surface area contributed by atoms with Gasteiger partial charge in [0.1, 0.15) is 5.82 Å². The molecule has 1 saturated carbocycles. The molecule has 4 nitrogen and oxygen atoms in total. The molecule has 31 heavy (non-hydrogen) atoms. The number of halogens is 2. The first kappa shape index (κ1) is 23.5. The smallest absolute Gasteiger partial charge is 0.239 e. The molecule has 3 rings (SSSR count). The minimum atomic E-state index is -0.248. The Balaban J connectivity index is 1.51. The van der Waals surface area contributed by atoms with E-state index in [0.29, 0.717) is 35.7 Å². The Labute approximate surface area is 194 Å². The fourth-order valence-electron chi connectivity index (χ4n) is 3.90. The van der Waals surface area contributed by atoms with Crippen LogP contribution in [0.2, 0.25) is 5.02 Å². The molecule has 0 unspecified atom stereocenters. The van der Waals surface area contributed by atoms with Gasteiger partial charge in [-0.05, 0) is 60.8 Å². The summed E-state index contributed by atoms with van der Waals surface area (Å²) in [6.07, 6.45) is 6.43. The highest BCUT2D eigenvalue weighted by Crippen LogP contribution is 2.24. The highest BCUT2D eigenvalue weighted by Gasteiger charge is 2.23. The second-order valence-electron chi connectivity index (χ2n) is 7.90. The topological polar surface area (TPSA) is 44.4 Å². The molecule has 0 aromatic heterocycles. The molecule has 0 atom stereocenters. The molecule has 7 heteroatoms.